The first-order chi connectivity index (χ1) is 15.9. The molecule has 0 fully saturated rings. The molecule has 32 heavy (non-hydrogen) atoms. The third-order valence-electron chi connectivity index (χ3n) is 10.5. The van der Waals surface area contributed by atoms with Crippen LogP contribution in [0.5, 0.6) is 0 Å². The standard InChI is InChI=1S/C30H32N2/c1-5-17-13-31-14-18-6-3-11-23(18)27-28-24-12-4-8-20(24)16-32-15-19-7-2-10-22(19)26(30(28)32)25(29(27)31)21(17)9-1/h1-4,9-12,17-24H,5-8,13-16H2/t17-,18-,19+,20+,21-,22-,23+,24+. The minimum atomic E-state index is 0.647. The van der Waals surface area contributed by atoms with Gasteiger partial charge in [0.1, 0.15) is 0 Å². The van der Waals surface area contributed by atoms with E-state index in [2.05, 4.69) is 58.4 Å². The first kappa shape index (κ1) is 17.3. The second kappa shape index (κ2) is 5.82. The Morgan fingerprint density at radius 1 is 0.438 bits per heavy atom. The van der Waals surface area contributed by atoms with Crippen LogP contribution in [0.25, 0.3) is 0 Å². The smallest absolute Gasteiger partial charge is 0.0451 e. The average Bonchev–Trinajstić information content (AvgIpc) is 3.59. The summed E-state index contributed by atoms with van der Waals surface area (Å²) in [7, 11) is 0. The highest BCUT2D eigenvalue weighted by molar-refractivity contribution is 5.84. The van der Waals surface area contributed by atoms with Crippen molar-refractivity contribution in [3.8, 4) is 0 Å². The van der Waals surface area contributed by atoms with Gasteiger partial charge in [-0.1, -0.05) is 48.6 Å². The van der Waals surface area contributed by atoms with E-state index in [1.807, 2.05) is 0 Å². The molecule has 162 valence electrons. The minimum Gasteiger partial charge on any atom is -0.370 e. The van der Waals surface area contributed by atoms with Gasteiger partial charge in [0.25, 0.3) is 0 Å². The Bertz CT molecular complexity index is 992. The summed E-state index contributed by atoms with van der Waals surface area (Å²) in [5.41, 5.74) is 10.5. The van der Waals surface area contributed by atoms with Crippen molar-refractivity contribution in [1.29, 1.82) is 0 Å². The predicted octanol–water partition coefficient (Wildman–Crippen LogP) is 5.99. The van der Waals surface area contributed by atoms with E-state index in [9.17, 15) is 0 Å². The van der Waals surface area contributed by atoms with Gasteiger partial charge in [0.2, 0.25) is 0 Å². The zero-order chi connectivity index (χ0) is 20.6. The second-order valence-corrected chi connectivity index (χ2v) is 12.0. The summed E-state index contributed by atoms with van der Waals surface area (Å²) in [5, 5.41) is 0. The maximum absolute atomic E-state index is 2.89. The van der Waals surface area contributed by atoms with Crippen molar-refractivity contribution >= 4 is 11.4 Å². The number of fused-ring (bicyclic) bond motifs is 10. The maximum atomic E-state index is 2.89. The summed E-state index contributed by atoms with van der Waals surface area (Å²) in [6, 6.07) is 0. The van der Waals surface area contributed by atoms with Crippen LogP contribution in [0.4, 0.5) is 11.4 Å². The van der Waals surface area contributed by atoms with Gasteiger partial charge in [-0.25, -0.2) is 0 Å². The molecular formula is C30H32N2. The van der Waals surface area contributed by atoms with Crippen LogP contribution in [0.3, 0.4) is 0 Å². The van der Waals surface area contributed by atoms with Crippen molar-refractivity contribution in [2.24, 2.45) is 23.7 Å². The van der Waals surface area contributed by atoms with Crippen molar-refractivity contribution in [1.82, 2.24) is 0 Å². The lowest BCUT2D eigenvalue weighted by atomic mass is 9.64. The van der Waals surface area contributed by atoms with Crippen LogP contribution in [0.2, 0.25) is 0 Å². The molecule has 0 spiro atoms. The first-order valence-corrected chi connectivity index (χ1v) is 13.3. The van der Waals surface area contributed by atoms with Gasteiger partial charge in [-0.05, 0) is 71.6 Å². The zero-order valence-electron chi connectivity index (χ0n) is 18.8. The van der Waals surface area contributed by atoms with E-state index in [0.29, 0.717) is 23.7 Å². The topological polar surface area (TPSA) is 6.48 Å². The van der Waals surface area contributed by atoms with Crippen LogP contribution in [0.15, 0.2) is 48.6 Å². The van der Waals surface area contributed by atoms with E-state index in [1.54, 1.807) is 33.6 Å². The van der Waals surface area contributed by atoms with Gasteiger partial charge in [-0.15, -0.1) is 0 Å². The predicted molar refractivity (Wildman–Crippen MR) is 131 cm³/mol. The summed E-state index contributed by atoms with van der Waals surface area (Å²) in [4.78, 5) is 5.78. The van der Waals surface area contributed by atoms with Gasteiger partial charge < -0.3 is 9.80 Å². The molecule has 1 aromatic carbocycles. The van der Waals surface area contributed by atoms with Gasteiger partial charge in [-0.2, -0.15) is 0 Å². The SMILES string of the molecule is C1=C[C@@H]2c3c4c5c(c6c3N(C[C@H]2C1)C[C@H]1CC=C[C@@H]61)[C@@H]1C=CC[C@H]1CN5C[C@@H]1CC=C[C@H]41. The second-order valence-electron chi connectivity index (χ2n) is 12.0. The number of anilines is 2. The molecule has 1 aromatic rings. The number of rotatable bonds is 0. The first-order valence-electron chi connectivity index (χ1n) is 13.3. The van der Waals surface area contributed by atoms with E-state index in [4.69, 9.17) is 0 Å². The van der Waals surface area contributed by atoms with Gasteiger partial charge in [-0.3, -0.25) is 0 Å². The molecule has 8 aliphatic rings. The lowest BCUT2D eigenvalue weighted by Gasteiger charge is -2.54. The summed E-state index contributed by atoms with van der Waals surface area (Å²) < 4.78 is 0. The number of hydrogen-bond donors (Lipinski definition) is 0. The normalized spacial score (nSPS) is 42.6. The van der Waals surface area contributed by atoms with Crippen LogP contribution < -0.4 is 9.80 Å². The minimum absolute atomic E-state index is 0.647. The van der Waals surface area contributed by atoms with E-state index in [1.165, 1.54) is 51.9 Å². The largest absolute Gasteiger partial charge is 0.370 e. The van der Waals surface area contributed by atoms with Crippen molar-refractivity contribution < 1.29 is 0 Å². The van der Waals surface area contributed by atoms with E-state index < -0.39 is 0 Å². The number of hydrogen-bond acceptors (Lipinski definition) is 2. The third-order valence-corrected chi connectivity index (χ3v) is 10.5. The monoisotopic (exact) mass is 420 g/mol. The van der Waals surface area contributed by atoms with Crippen LogP contribution in [-0.4, -0.2) is 26.2 Å². The third kappa shape index (κ3) is 1.92. The molecule has 2 nitrogen and oxygen atoms in total. The molecule has 4 heterocycles. The van der Waals surface area contributed by atoms with Crippen LogP contribution >= 0.6 is 0 Å². The quantitative estimate of drug-likeness (QED) is 0.476. The fraction of sp³-hybridized carbons (Fsp3) is 0.533. The van der Waals surface area contributed by atoms with Crippen LogP contribution in [0, 0.1) is 23.7 Å². The lowest BCUT2D eigenvalue weighted by Crippen LogP contribution is -2.49. The highest BCUT2D eigenvalue weighted by Crippen LogP contribution is 2.64. The molecule has 0 amide bonds. The van der Waals surface area contributed by atoms with Crippen molar-refractivity contribution in [3.05, 3.63) is 70.9 Å². The Hall–Kier alpha value is -2.22. The van der Waals surface area contributed by atoms with E-state index in [0.717, 1.165) is 23.7 Å². The Labute approximate surface area is 191 Å². The molecule has 0 radical (unpaired) electrons. The number of benzene rings is 1. The summed E-state index contributed by atoms with van der Waals surface area (Å²) in [6.07, 6.45) is 25.5. The average molecular weight is 421 g/mol. The fourth-order valence-electron chi connectivity index (χ4n) is 9.37. The van der Waals surface area contributed by atoms with Gasteiger partial charge in [0, 0.05) is 61.2 Å². The molecular weight excluding hydrogens is 388 g/mol. The van der Waals surface area contributed by atoms with Gasteiger partial charge >= 0.3 is 0 Å². The van der Waals surface area contributed by atoms with Gasteiger partial charge in [0.05, 0.1) is 0 Å². The van der Waals surface area contributed by atoms with Crippen molar-refractivity contribution in [3.63, 3.8) is 0 Å². The van der Waals surface area contributed by atoms with Crippen molar-refractivity contribution in [2.45, 2.75) is 49.4 Å². The van der Waals surface area contributed by atoms with Crippen molar-refractivity contribution in [2.75, 3.05) is 36.0 Å². The summed E-state index contributed by atoms with van der Waals surface area (Å²) >= 11 is 0. The van der Waals surface area contributed by atoms with Gasteiger partial charge in [0.15, 0.2) is 0 Å². The summed E-state index contributed by atoms with van der Waals surface area (Å²) in [5.74, 6) is 5.75. The molecule has 4 aliphatic heterocycles. The number of nitrogens with zero attached hydrogens (tertiary/aromatic N) is 2. The molecule has 0 aromatic heterocycles. The van der Waals surface area contributed by atoms with Crippen LogP contribution in [0.1, 0.15) is 71.6 Å². The highest BCUT2D eigenvalue weighted by atomic mass is 15.2. The summed E-state index contributed by atoms with van der Waals surface area (Å²) in [6.45, 7) is 5.10. The lowest BCUT2D eigenvalue weighted by molar-refractivity contribution is 0.379. The molecule has 0 saturated carbocycles. The molecule has 0 unspecified atom stereocenters. The molecule has 0 bridgehead atoms. The van der Waals surface area contributed by atoms with E-state index in [-0.39, 0.29) is 0 Å². The molecule has 4 aliphatic carbocycles. The highest BCUT2D eigenvalue weighted by Gasteiger charge is 2.52. The molecule has 0 saturated heterocycles. The Morgan fingerprint density at radius 2 is 0.719 bits per heavy atom. The molecule has 0 N–H and O–H groups in total. The molecule has 8 atom stereocenters. The van der Waals surface area contributed by atoms with Crippen LogP contribution in [-0.2, 0) is 0 Å². The molecule has 2 heteroatoms. The maximum Gasteiger partial charge on any atom is 0.0451 e. The Morgan fingerprint density at radius 3 is 1.00 bits per heavy atom. The van der Waals surface area contributed by atoms with E-state index >= 15 is 0 Å². The Kier molecular flexibility index (Phi) is 3.14. The zero-order valence-corrected chi connectivity index (χ0v) is 18.8. The number of allylic oxidation sites excluding steroid dienone is 8. The fourth-order valence-corrected chi connectivity index (χ4v) is 9.37. The molecule has 9 rings (SSSR count). The Balaban J connectivity index is 1.43.